The normalized spacial score (nSPS) is 12.2. The highest BCUT2D eigenvalue weighted by Gasteiger charge is 2.08. The number of hydrogen-bond donors (Lipinski definition) is 1. The van der Waals surface area contributed by atoms with Crippen LogP contribution in [-0.2, 0) is 4.79 Å². The number of carbonyl (C=O) groups is 1. The fraction of sp³-hybridized carbons (Fsp3) is 0.250. The van der Waals surface area contributed by atoms with Gasteiger partial charge >= 0.3 is 5.97 Å². The van der Waals surface area contributed by atoms with Gasteiger partial charge in [0.1, 0.15) is 11.6 Å². The third-order valence-corrected chi connectivity index (χ3v) is 8.56. The Morgan fingerprint density at radius 2 is 1.53 bits per heavy atom. The topological polar surface area (TPSA) is 64.3 Å². The molecule has 0 unspecified atom stereocenters. The van der Waals surface area contributed by atoms with Crippen LogP contribution in [0.4, 0.5) is 5.69 Å². The van der Waals surface area contributed by atoms with Gasteiger partial charge in [-0.25, -0.2) is 4.79 Å². The Balaban J connectivity index is 1.46. The summed E-state index contributed by atoms with van der Waals surface area (Å²) in [5.41, 5.74) is 2.22. The van der Waals surface area contributed by atoms with Crippen molar-refractivity contribution in [3.8, 4) is 6.07 Å². The van der Waals surface area contributed by atoms with E-state index in [0.29, 0.717) is 0 Å². The second-order valence-electron chi connectivity index (χ2n) is 9.20. The zero-order chi connectivity index (χ0) is 26.9. The molecule has 194 valence electrons. The van der Waals surface area contributed by atoms with Gasteiger partial charge in [-0.1, -0.05) is 57.0 Å². The molecule has 0 bridgehead atoms. The van der Waals surface area contributed by atoms with Crippen molar-refractivity contribution in [3.05, 3.63) is 81.6 Å². The fourth-order valence-corrected chi connectivity index (χ4v) is 6.47. The Morgan fingerprint density at radius 3 is 2.16 bits per heavy atom. The predicted molar refractivity (Wildman–Crippen MR) is 165 cm³/mol. The maximum absolute atomic E-state index is 10.9. The molecule has 0 aliphatic heterocycles. The molecule has 38 heavy (non-hydrogen) atoms. The van der Waals surface area contributed by atoms with E-state index in [9.17, 15) is 4.79 Å². The highest BCUT2D eigenvalue weighted by Crippen LogP contribution is 2.35. The number of nitriles is 1. The van der Waals surface area contributed by atoms with Crippen LogP contribution in [0, 0.1) is 11.3 Å². The Bertz CT molecular complexity index is 1510. The number of unbranched alkanes of at least 4 members (excludes halogenated alkanes) is 2. The minimum atomic E-state index is -1.21. The molecule has 0 saturated heterocycles. The van der Waals surface area contributed by atoms with E-state index in [1.54, 1.807) is 34.8 Å². The summed E-state index contributed by atoms with van der Waals surface area (Å²) >= 11 is 3.38. The van der Waals surface area contributed by atoms with Crippen LogP contribution < -0.4 is 4.90 Å². The molecule has 0 saturated carbocycles. The van der Waals surface area contributed by atoms with Crippen LogP contribution in [0.5, 0.6) is 0 Å². The third kappa shape index (κ3) is 7.00. The highest BCUT2D eigenvalue weighted by molar-refractivity contribution is 7.28. The minimum absolute atomic E-state index is 0.276. The molecule has 2 aromatic heterocycles. The van der Waals surface area contributed by atoms with E-state index in [4.69, 9.17) is 10.4 Å². The van der Waals surface area contributed by atoms with Gasteiger partial charge in [0.25, 0.3) is 0 Å². The van der Waals surface area contributed by atoms with Gasteiger partial charge < -0.3 is 10.0 Å². The molecule has 1 N–H and O–H groups in total. The van der Waals surface area contributed by atoms with E-state index in [1.165, 1.54) is 68.1 Å². The maximum atomic E-state index is 10.9. The first-order valence-corrected chi connectivity index (χ1v) is 14.7. The van der Waals surface area contributed by atoms with Gasteiger partial charge in [-0.3, -0.25) is 0 Å². The monoisotopic (exact) mass is 540 g/mol. The molecule has 4 nitrogen and oxygen atoms in total. The molecule has 4 rings (SSSR count). The number of anilines is 1. The van der Waals surface area contributed by atoms with Gasteiger partial charge in [0.15, 0.2) is 0 Å². The average Bonchev–Trinajstić information content (AvgIpc) is 3.48. The summed E-state index contributed by atoms with van der Waals surface area (Å²) in [6.07, 6.45) is 14.0. The van der Waals surface area contributed by atoms with Crippen molar-refractivity contribution in [1.29, 1.82) is 5.26 Å². The Morgan fingerprint density at radius 1 is 0.895 bits per heavy atom. The first kappa shape index (κ1) is 27.4. The molecule has 2 heterocycles. The van der Waals surface area contributed by atoms with Crippen LogP contribution in [0.25, 0.3) is 38.4 Å². The lowest BCUT2D eigenvalue weighted by Crippen LogP contribution is -2.25. The van der Waals surface area contributed by atoms with Crippen LogP contribution in [0.1, 0.15) is 54.8 Å². The molecule has 0 spiro atoms. The lowest BCUT2D eigenvalue weighted by Gasteiger charge is -2.25. The summed E-state index contributed by atoms with van der Waals surface area (Å²) < 4.78 is 2.39. The van der Waals surface area contributed by atoms with E-state index >= 15 is 0 Å². The number of aliphatic carboxylic acids is 1. The molecule has 0 aliphatic rings. The van der Waals surface area contributed by atoms with Gasteiger partial charge in [0.2, 0.25) is 0 Å². The number of nitrogens with zero attached hydrogens (tertiary/aromatic N) is 2. The summed E-state index contributed by atoms with van der Waals surface area (Å²) in [7, 11) is 0. The van der Waals surface area contributed by atoms with E-state index < -0.39 is 5.97 Å². The van der Waals surface area contributed by atoms with Crippen molar-refractivity contribution in [2.24, 2.45) is 0 Å². The summed E-state index contributed by atoms with van der Waals surface area (Å²) in [6, 6.07) is 19.4. The quantitative estimate of drug-likeness (QED) is 0.110. The number of rotatable bonds is 12. The Hall–Kier alpha value is -3.66. The van der Waals surface area contributed by atoms with E-state index in [1.807, 2.05) is 6.08 Å². The van der Waals surface area contributed by atoms with Gasteiger partial charge in [-0.15, -0.1) is 22.7 Å². The number of hydrogen-bond acceptors (Lipinski definition) is 5. The molecular formula is C32H32N2O2S2. The molecule has 4 aromatic rings. The van der Waals surface area contributed by atoms with E-state index in [-0.39, 0.29) is 5.57 Å². The Labute approximate surface area is 232 Å². The van der Waals surface area contributed by atoms with Crippen molar-refractivity contribution >= 4 is 72.7 Å². The van der Waals surface area contributed by atoms with Gasteiger partial charge in [-0.2, -0.15) is 5.26 Å². The maximum Gasteiger partial charge on any atom is 0.346 e. The number of fused-ring (bicyclic) bond motifs is 2. The van der Waals surface area contributed by atoms with Gasteiger partial charge in [0.05, 0.1) is 0 Å². The molecule has 0 atom stereocenters. The van der Waals surface area contributed by atoms with Crippen molar-refractivity contribution in [2.45, 2.75) is 39.5 Å². The number of allylic oxidation sites excluding steroid dienone is 2. The second-order valence-corrected chi connectivity index (χ2v) is 11.4. The Kier molecular flexibility index (Phi) is 9.53. The lowest BCUT2D eigenvalue weighted by atomic mass is 10.0. The van der Waals surface area contributed by atoms with E-state index in [0.717, 1.165) is 18.0 Å². The molecule has 2 aromatic carbocycles. The molecule has 6 heteroatoms. The SMILES string of the molecule is CCCCN(CCCC)c1ccc2cc(/C=C/c3cc4sc(/C=C/C=C(\C#N)C(=O)O)cc4s3)ccc2c1. The van der Waals surface area contributed by atoms with Crippen LogP contribution >= 0.6 is 22.7 Å². The summed E-state index contributed by atoms with van der Waals surface area (Å²) in [5, 5.41) is 20.3. The average molecular weight is 541 g/mol. The van der Waals surface area contributed by atoms with E-state index in [2.05, 4.69) is 79.4 Å². The second kappa shape index (κ2) is 13.2. The molecule has 0 aliphatic carbocycles. The number of benzene rings is 2. The van der Waals surface area contributed by atoms with Crippen LogP contribution in [-0.4, -0.2) is 24.2 Å². The molecule has 0 radical (unpaired) electrons. The van der Waals surface area contributed by atoms with Crippen LogP contribution in [0.2, 0.25) is 0 Å². The van der Waals surface area contributed by atoms with Gasteiger partial charge in [0, 0.05) is 37.9 Å². The van der Waals surface area contributed by atoms with Crippen molar-refractivity contribution in [2.75, 3.05) is 18.0 Å². The standard InChI is InChI=1S/C32H32N2O2S2/c1-3-5-16-34(17-6-4-2)27-14-13-24-18-23(10-12-25(24)19-27)11-15-29-21-31-30(38-29)20-28(37-31)9-7-8-26(22-33)32(35)36/h7-15,18-21H,3-6,16-17H2,1-2H3,(H,35,36)/b9-7+,15-11+,26-8+. The fourth-order valence-electron chi connectivity index (χ4n) is 4.23. The smallest absolute Gasteiger partial charge is 0.346 e. The first-order valence-electron chi connectivity index (χ1n) is 13.0. The van der Waals surface area contributed by atoms with Crippen LogP contribution in [0.15, 0.2) is 66.3 Å². The zero-order valence-electron chi connectivity index (χ0n) is 21.8. The number of carboxylic acid groups (broad SMARTS) is 1. The van der Waals surface area contributed by atoms with Crippen molar-refractivity contribution in [3.63, 3.8) is 0 Å². The molecule has 0 fully saturated rings. The van der Waals surface area contributed by atoms with Crippen molar-refractivity contribution < 1.29 is 9.90 Å². The summed E-state index contributed by atoms with van der Waals surface area (Å²) in [4.78, 5) is 15.7. The minimum Gasteiger partial charge on any atom is -0.477 e. The molecular weight excluding hydrogens is 508 g/mol. The first-order chi connectivity index (χ1) is 18.5. The highest BCUT2D eigenvalue weighted by atomic mass is 32.1. The largest absolute Gasteiger partial charge is 0.477 e. The summed E-state index contributed by atoms with van der Waals surface area (Å²) in [6.45, 7) is 6.73. The van der Waals surface area contributed by atoms with Crippen molar-refractivity contribution in [1.82, 2.24) is 0 Å². The number of carboxylic acids is 1. The van der Waals surface area contributed by atoms with Gasteiger partial charge in [-0.05, 0) is 77.7 Å². The number of thiophene rings is 2. The predicted octanol–water partition coefficient (Wildman–Crippen LogP) is 9.24. The lowest BCUT2D eigenvalue weighted by molar-refractivity contribution is -0.132. The molecule has 0 amide bonds. The zero-order valence-corrected chi connectivity index (χ0v) is 23.4. The van der Waals surface area contributed by atoms with Crippen LogP contribution in [0.3, 0.4) is 0 Å². The summed E-state index contributed by atoms with van der Waals surface area (Å²) in [5.74, 6) is -1.21. The third-order valence-electron chi connectivity index (χ3n) is 6.34.